The molecule has 212 valence electrons. The Morgan fingerprint density at radius 1 is 1.00 bits per heavy atom. The number of carbonyl (C=O) groups excluding carboxylic acids is 1. The fourth-order valence-corrected chi connectivity index (χ4v) is 9.88. The van der Waals surface area contributed by atoms with Crippen LogP contribution in [0.4, 0.5) is 0 Å². The van der Waals surface area contributed by atoms with E-state index in [-0.39, 0.29) is 11.9 Å². The minimum atomic E-state index is -0.00707. The van der Waals surface area contributed by atoms with Gasteiger partial charge in [-0.25, -0.2) is 0 Å². The van der Waals surface area contributed by atoms with Crippen molar-refractivity contribution in [1.82, 2.24) is 0 Å². The lowest BCUT2D eigenvalue weighted by molar-refractivity contribution is -0.149. The zero-order valence-corrected chi connectivity index (χ0v) is 24.4. The van der Waals surface area contributed by atoms with E-state index >= 15 is 0 Å². The van der Waals surface area contributed by atoms with Crippen molar-refractivity contribution in [1.29, 1.82) is 0 Å². The summed E-state index contributed by atoms with van der Waals surface area (Å²) in [6, 6.07) is 9.59. The van der Waals surface area contributed by atoms with Crippen molar-refractivity contribution in [3.05, 3.63) is 30.3 Å². The number of aliphatic hydroxyl groups excluding tert-OH is 1. The number of hydrogen-bond acceptors (Lipinski definition) is 4. The summed E-state index contributed by atoms with van der Waals surface area (Å²) in [6.45, 7) is 10.7. The molecule has 5 aliphatic rings. The van der Waals surface area contributed by atoms with Gasteiger partial charge in [-0.1, -0.05) is 52.3 Å². The first-order valence-electron chi connectivity index (χ1n) is 15.8. The molecular weight excluding hydrogens is 472 g/mol. The van der Waals surface area contributed by atoms with Gasteiger partial charge in [0.15, 0.2) is 0 Å². The van der Waals surface area contributed by atoms with E-state index in [1.165, 1.54) is 51.4 Å². The van der Waals surface area contributed by atoms with Crippen molar-refractivity contribution in [2.75, 3.05) is 13.2 Å². The number of ether oxygens (including phenoxy) is 2. The van der Waals surface area contributed by atoms with Gasteiger partial charge in [0.2, 0.25) is 0 Å². The van der Waals surface area contributed by atoms with Crippen LogP contribution in [0.15, 0.2) is 30.3 Å². The van der Waals surface area contributed by atoms with Crippen molar-refractivity contribution >= 4 is 5.97 Å². The highest BCUT2D eigenvalue weighted by Gasteiger charge is 2.63. The summed E-state index contributed by atoms with van der Waals surface area (Å²) in [6.07, 6.45) is 14.2. The Morgan fingerprint density at radius 3 is 2.47 bits per heavy atom. The largest absolute Gasteiger partial charge is 0.426 e. The maximum Gasteiger partial charge on any atom is 0.314 e. The molecule has 0 spiro atoms. The fourth-order valence-electron chi connectivity index (χ4n) is 9.88. The molecule has 1 aromatic rings. The number of esters is 1. The number of para-hydroxylation sites is 1. The Balaban J connectivity index is 0.000000374. The average molecular weight is 525 g/mol. The predicted octanol–water partition coefficient (Wildman–Crippen LogP) is 7.68. The third-order valence-electron chi connectivity index (χ3n) is 12.0. The first-order chi connectivity index (χ1) is 18.3. The highest BCUT2D eigenvalue weighted by atomic mass is 16.5. The van der Waals surface area contributed by atoms with Gasteiger partial charge in [-0.2, -0.15) is 0 Å². The quantitative estimate of drug-likeness (QED) is 0.317. The summed E-state index contributed by atoms with van der Waals surface area (Å²) in [5, 5.41) is 8.47. The first-order valence-corrected chi connectivity index (χ1v) is 15.8. The molecule has 5 fully saturated rings. The van der Waals surface area contributed by atoms with Crippen LogP contribution >= 0.6 is 0 Å². The van der Waals surface area contributed by atoms with Crippen molar-refractivity contribution in [2.24, 2.45) is 52.3 Å². The van der Waals surface area contributed by atoms with Gasteiger partial charge in [0.25, 0.3) is 0 Å². The van der Waals surface area contributed by atoms with E-state index in [0.29, 0.717) is 41.1 Å². The molecule has 1 heterocycles. The highest BCUT2D eigenvalue weighted by molar-refractivity contribution is 5.75. The molecule has 4 heteroatoms. The second-order valence-corrected chi connectivity index (χ2v) is 14.0. The van der Waals surface area contributed by atoms with E-state index in [0.717, 1.165) is 49.5 Å². The molecule has 38 heavy (non-hydrogen) atoms. The Hall–Kier alpha value is -1.39. The minimum Gasteiger partial charge on any atom is -0.426 e. The third-order valence-corrected chi connectivity index (χ3v) is 12.0. The van der Waals surface area contributed by atoms with Crippen molar-refractivity contribution in [3.8, 4) is 5.75 Å². The lowest BCUT2D eigenvalue weighted by Crippen LogP contribution is -2.54. The maximum atomic E-state index is 12.9. The van der Waals surface area contributed by atoms with Gasteiger partial charge in [0.1, 0.15) is 5.75 Å². The van der Waals surface area contributed by atoms with Crippen LogP contribution in [0, 0.1) is 52.3 Å². The molecule has 4 saturated carbocycles. The van der Waals surface area contributed by atoms with Crippen LogP contribution in [0.2, 0.25) is 0 Å². The van der Waals surface area contributed by atoms with Gasteiger partial charge in [-0.15, -0.1) is 0 Å². The molecule has 0 amide bonds. The molecule has 0 bridgehead atoms. The smallest absolute Gasteiger partial charge is 0.314 e. The summed E-state index contributed by atoms with van der Waals surface area (Å²) >= 11 is 0. The minimum absolute atomic E-state index is 0.00707. The molecule has 0 aromatic heterocycles. The molecule has 1 aliphatic heterocycles. The van der Waals surface area contributed by atoms with Crippen LogP contribution in [0.5, 0.6) is 5.75 Å². The van der Waals surface area contributed by atoms with Crippen LogP contribution in [0.1, 0.15) is 98.3 Å². The van der Waals surface area contributed by atoms with Crippen LogP contribution in [-0.2, 0) is 9.53 Å². The Bertz CT molecular complexity index is 932. The van der Waals surface area contributed by atoms with Gasteiger partial charge in [-0.05, 0) is 123 Å². The van der Waals surface area contributed by atoms with Gasteiger partial charge in [0.05, 0.1) is 12.0 Å². The zero-order valence-electron chi connectivity index (χ0n) is 24.4. The van der Waals surface area contributed by atoms with Crippen LogP contribution < -0.4 is 4.74 Å². The van der Waals surface area contributed by atoms with Crippen LogP contribution in [-0.4, -0.2) is 30.4 Å². The molecule has 4 aliphatic carbocycles. The van der Waals surface area contributed by atoms with E-state index in [9.17, 15) is 4.79 Å². The fraction of sp³-hybridized carbons (Fsp3) is 0.794. The first kappa shape index (κ1) is 28.1. The maximum absolute atomic E-state index is 12.9. The Morgan fingerprint density at radius 2 is 1.76 bits per heavy atom. The molecule has 10 unspecified atom stereocenters. The normalized spacial score (nSPS) is 42.0. The van der Waals surface area contributed by atoms with Crippen molar-refractivity contribution in [2.45, 2.75) is 104 Å². The predicted molar refractivity (Wildman–Crippen MR) is 152 cm³/mol. The summed E-state index contributed by atoms with van der Waals surface area (Å²) in [7, 11) is 0. The number of aliphatic hydroxyl groups is 1. The topological polar surface area (TPSA) is 55.8 Å². The van der Waals surface area contributed by atoms with Gasteiger partial charge < -0.3 is 14.6 Å². The van der Waals surface area contributed by atoms with E-state index in [2.05, 4.69) is 27.7 Å². The number of hydrogen-bond donors (Lipinski definition) is 1. The molecule has 0 radical (unpaired) electrons. The van der Waals surface area contributed by atoms with E-state index in [1.807, 2.05) is 30.3 Å². The monoisotopic (exact) mass is 524 g/mol. The van der Waals surface area contributed by atoms with Crippen molar-refractivity contribution < 1.29 is 19.4 Å². The van der Waals surface area contributed by atoms with Crippen LogP contribution in [0.3, 0.4) is 0 Å². The molecule has 10 atom stereocenters. The lowest BCUT2D eigenvalue weighted by atomic mass is 9.44. The second kappa shape index (κ2) is 11.6. The molecule has 1 aromatic carbocycles. The zero-order chi connectivity index (χ0) is 26.9. The lowest BCUT2D eigenvalue weighted by Gasteiger charge is -2.61. The Labute approximate surface area is 231 Å². The number of benzene rings is 1. The Kier molecular flexibility index (Phi) is 8.60. The summed E-state index contributed by atoms with van der Waals surface area (Å²) < 4.78 is 11.9. The molecule has 1 saturated heterocycles. The third kappa shape index (κ3) is 5.21. The highest BCUT2D eigenvalue weighted by Crippen LogP contribution is 2.69. The SMILES string of the molecule is CC12CCC(C(=O)Oc3ccccc3)CC1CCC1C2CCC2(C)C3CCOC3CC12.CCCC(C)CO. The van der Waals surface area contributed by atoms with E-state index < -0.39 is 0 Å². The summed E-state index contributed by atoms with van der Waals surface area (Å²) in [4.78, 5) is 12.9. The molecule has 1 N–H and O–H groups in total. The summed E-state index contributed by atoms with van der Waals surface area (Å²) in [5.74, 6) is 5.33. The standard InChI is InChI=1S/C28H38O3.C6H14O/c1-27-13-10-18(26(29)31-20-6-4-3-5-7-20)16-19(27)8-9-21-22(27)11-14-28(2)23-12-15-30-25(23)17-24(21)28;1-3-4-6(2)5-7/h3-7,18-19,21-25H,8-17H2,1-2H3;6-7H,3-5H2,1-2H3. The van der Waals surface area contributed by atoms with Crippen LogP contribution in [0.25, 0.3) is 0 Å². The van der Waals surface area contributed by atoms with Gasteiger partial charge in [-0.3, -0.25) is 4.79 Å². The van der Waals surface area contributed by atoms with E-state index in [1.54, 1.807) is 0 Å². The second-order valence-electron chi connectivity index (χ2n) is 14.0. The molecular formula is C34H52O4. The number of carbonyl (C=O) groups is 1. The van der Waals surface area contributed by atoms with Crippen molar-refractivity contribution in [3.63, 3.8) is 0 Å². The van der Waals surface area contributed by atoms with Gasteiger partial charge >= 0.3 is 5.97 Å². The average Bonchev–Trinajstić information content (AvgIpc) is 3.50. The number of fused-ring (bicyclic) bond motifs is 7. The van der Waals surface area contributed by atoms with Gasteiger partial charge in [0, 0.05) is 13.2 Å². The molecule has 4 nitrogen and oxygen atoms in total. The number of rotatable bonds is 5. The summed E-state index contributed by atoms with van der Waals surface area (Å²) in [5.41, 5.74) is 0.925. The van der Waals surface area contributed by atoms with E-state index in [4.69, 9.17) is 14.6 Å². The molecule has 6 rings (SSSR count).